The highest BCUT2D eigenvalue weighted by molar-refractivity contribution is 6.99. The van der Waals surface area contributed by atoms with Crippen molar-refractivity contribution in [3.05, 3.63) is 72.8 Å². The second-order valence-corrected chi connectivity index (χ2v) is 16.6. The molecule has 0 aliphatic heterocycles. The van der Waals surface area contributed by atoms with Crippen LogP contribution in [-0.2, 0) is 4.43 Å². The van der Waals surface area contributed by atoms with Crippen LogP contribution in [0, 0.1) is 0 Å². The molecule has 3 heteroatoms. The summed E-state index contributed by atoms with van der Waals surface area (Å²) in [5.74, 6) is 0. The first-order valence-corrected chi connectivity index (χ1v) is 17.9. The van der Waals surface area contributed by atoms with E-state index in [0.717, 1.165) is 25.7 Å². The summed E-state index contributed by atoms with van der Waals surface area (Å²) >= 11 is 0. The molecule has 0 bridgehead atoms. The van der Waals surface area contributed by atoms with Crippen LogP contribution >= 0.6 is 0 Å². The van der Waals surface area contributed by atoms with Gasteiger partial charge >= 0.3 is 0 Å². The lowest BCUT2D eigenvalue weighted by Crippen LogP contribution is -2.67. The Hall–Kier alpha value is -1.68. The Bertz CT molecular complexity index is 832. The molecule has 2 rings (SSSR count). The Morgan fingerprint density at radius 3 is 1.49 bits per heavy atom. The van der Waals surface area contributed by atoms with E-state index >= 15 is 0 Å². The smallest absolute Gasteiger partial charge is 0.261 e. The molecule has 0 saturated heterocycles. The average molecular weight is 551 g/mol. The zero-order chi connectivity index (χ0) is 28.2. The highest BCUT2D eigenvalue weighted by Crippen LogP contribution is 2.38. The third kappa shape index (κ3) is 12.2. The third-order valence-corrected chi connectivity index (χ3v) is 13.1. The molecule has 0 fully saturated rings. The number of benzene rings is 2. The van der Waals surface area contributed by atoms with Gasteiger partial charge in [0, 0.05) is 12.7 Å². The van der Waals surface area contributed by atoms with E-state index < -0.39 is 8.32 Å². The first kappa shape index (κ1) is 33.5. The van der Waals surface area contributed by atoms with Crippen molar-refractivity contribution in [2.24, 2.45) is 0 Å². The molecular formula is C36H58O2Si. The molecule has 218 valence electrons. The average Bonchev–Trinajstić information content (AvgIpc) is 2.93. The van der Waals surface area contributed by atoms with Crippen LogP contribution < -0.4 is 10.4 Å². The molecule has 2 aromatic rings. The molecular weight excluding hydrogens is 492 g/mol. The molecule has 1 N–H and O–H groups in total. The van der Waals surface area contributed by atoms with Gasteiger partial charge in [-0.15, -0.1) is 0 Å². The fourth-order valence-corrected chi connectivity index (χ4v) is 10.5. The van der Waals surface area contributed by atoms with Gasteiger partial charge in [-0.05, 0) is 60.9 Å². The number of rotatable bonds is 21. The van der Waals surface area contributed by atoms with Gasteiger partial charge in [0.2, 0.25) is 0 Å². The molecule has 2 aromatic carbocycles. The lowest BCUT2D eigenvalue weighted by molar-refractivity contribution is 0.192. The van der Waals surface area contributed by atoms with Crippen LogP contribution in [0.4, 0.5) is 0 Å². The zero-order valence-corrected chi connectivity index (χ0v) is 26.7. The van der Waals surface area contributed by atoms with Gasteiger partial charge in [-0.25, -0.2) is 0 Å². The molecule has 2 nitrogen and oxygen atoms in total. The lowest BCUT2D eigenvalue weighted by atomic mass is 10.0. The Kier molecular flexibility index (Phi) is 16.7. The van der Waals surface area contributed by atoms with Crippen LogP contribution in [0.25, 0.3) is 0 Å². The van der Waals surface area contributed by atoms with Crippen molar-refractivity contribution in [2.75, 3.05) is 6.61 Å². The van der Waals surface area contributed by atoms with Crippen LogP contribution in [0.1, 0.15) is 124 Å². The molecule has 1 unspecified atom stereocenters. The standard InChI is InChI=1S/C36H58O2Si/c1-33(27-21-17-15-13-11-9-7-5-6-8-10-12-14-16-18-26-32-37)38-39(36(2,3)4,34-28-22-19-23-29-34)35-30-24-20-25-31-35/h12,14,19-20,22-25,28-31,33,37H,5-11,13,15-18,21,26-27,32H2,1-4H3/b14-12-. The van der Waals surface area contributed by atoms with Crippen molar-refractivity contribution in [3.8, 4) is 0 Å². The molecule has 0 aromatic heterocycles. The van der Waals surface area contributed by atoms with Crippen molar-refractivity contribution in [2.45, 2.75) is 135 Å². The van der Waals surface area contributed by atoms with Gasteiger partial charge < -0.3 is 9.53 Å². The maximum absolute atomic E-state index is 8.80. The summed E-state index contributed by atoms with van der Waals surface area (Å²) in [6.07, 6.45) is 24.0. The van der Waals surface area contributed by atoms with E-state index in [1.54, 1.807) is 0 Å². The highest BCUT2D eigenvalue weighted by Gasteiger charge is 2.50. The zero-order valence-electron chi connectivity index (χ0n) is 25.7. The molecule has 0 spiro atoms. The van der Waals surface area contributed by atoms with Gasteiger partial charge in [0.15, 0.2) is 0 Å². The first-order valence-electron chi connectivity index (χ1n) is 16.0. The summed E-state index contributed by atoms with van der Waals surface area (Å²) in [7, 11) is -2.44. The summed E-state index contributed by atoms with van der Waals surface area (Å²) < 4.78 is 7.23. The van der Waals surface area contributed by atoms with Gasteiger partial charge in [0.05, 0.1) is 0 Å². The summed E-state index contributed by atoms with van der Waals surface area (Å²) in [4.78, 5) is 0. The molecule has 0 aliphatic rings. The number of aliphatic hydroxyl groups is 1. The summed E-state index contributed by atoms with van der Waals surface area (Å²) in [6.45, 7) is 9.72. The number of hydrogen-bond donors (Lipinski definition) is 1. The largest absolute Gasteiger partial charge is 0.405 e. The Balaban J connectivity index is 1.66. The van der Waals surface area contributed by atoms with Crippen LogP contribution in [0.15, 0.2) is 72.8 Å². The first-order chi connectivity index (χ1) is 18.9. The Morgan fingerprint density at radius 2 is 1.05 bits per heavy atom. The maximum atomic E-state index is 8.80. The highest BCUT2D eigenvalue weighted by atomic mass is 28.4. The van der Waals surface area contributed by atoms with Gasteiger partial charge in [-0.2, -0.15) is 0 Å². The molecule has 0 amide bonds. The van der Waals surface area contributed by atoms with Gasteiger partial charge in [0.1, 0.15) is 0 Å². The van der Waals surface area contributed by atoms with Crippen LogP contribution in [-0.4, -0.2) is 26.1 Å². The van der Waals surface area contributed by atoms with Crippen molar-refractivity contribution in [3.63, 3.8) is 0 Å². The number of hydrogen-bond acceptors (Lipinski definition) is 2. The molecule has 0 heterocycles. The monoisotopic (exact) mass is 550 g/mol. The van der Waals surface area contributed by atoms with Crippen LogP contribution in [0.2, 0.25) is 5.04 Å². The van der Waals surface area contributed by atoms with Gasteiger partial charge in [-0.1, -0.05) is 151 Å². The predicted molar refractivity (Wildman–Crippen MR) is 174 cm³/mol. The number of aliphatic hydroxyl groups excluding tert-OH is 1. The summed E-state index contributed by atoms with van der Waals surface area (Å²) in [5.41, 5.74) is 0. The summed E-state index contributed by atoms with van der Waals surface area (Å²) in [5, 5.41) is 11.6. The maximum Gasteiger partial charge on any atom is 0.261 e. The molecule has 0 saturated carbocycles. The van der Waals surface area contributed by atoms with E-state index in [1.165, 1.54) is 81.0 Å². The number of unbranched alkanes of at least 4 members (excludes halogenated alkanes) is 12. The van der Waals surface area contributed by atoms with Crippen molar-refractivity contribution in [1.29, 1.82) is 0 Å². The van der Waals surface area contributed by atoms with Gasteiger partial charge in [0.25, 0.3) is 8.32 Å². The van der Waals surface area contributed by atoms with Crippen molar-refractivity contribution < 1.29 is 9.53 Å². The molecule has 0 aliphatic carbocycles. The normalized spacial score (nSPS) is 13.3. The molecule has 0 radical (unpaired) electrons. The fraction of sp³-hybridized carbons (Fsp3) is 0.611. The topological polar surface area (TPSA) is 29.5 Å². The van der Waals surface area contributed by atoms with E-state index in [2.05, 4.69) is 101 Å². The Morgan fingerprint density at radius 1 is 0.641 bits per heavy atom. The van der Waals surface area contributed by atoms with Crippen LogP contribution in [0.3, 0.4) is 0 Å². The van der Waals surface area contributed by atoms with Crippen molar-refractivity contribution in [1.82, 2.24) is 0 Å². The Labute approximate surface area is 242 Å². The van der Waals surface area contributed by atoms with E-state index in [-0.39, 0.29) is 11.1 Å². The van der Waals surface area contributed by atoms with E-state index in [1.807, 2.05) is 0 Å². The third-order valence-electron chi connectivity index (χ3n) is 7.97. The number of allylic oxidation sites excluding steroid dienone is 2. The second kappa shape index (κ2) is 19.4. The minimum atomic E-state index is -2.44. The lowest BCUT2D eigenvalue weighted by Gasteiger charge is -2.44. The van der Waals surface area contributed by atoms with Gasteiger partial charge in [-0.3, -0.25) is 0 Å². The molecule has 39 heavy (non-hydrogen) atoms. The van der Waals surface area contributed by atoms with E-state index in [4.69, 9.17) is 9.53 Å². The fourth-order valence-electron chi connectivity index (χ4n) is 5.77. The predicted octanol–water partition coefficient (Wildman–Crippen LogP) is 9.35. The minimum absolute atomic E-state index is 0.0429. The van der Waals surface area contributed by atoms with E-state index in [0.29, 0.717) is 6.61 Å². The second-order valence-electron chi connectivity index (χ2n) is 12.4. The summed E-state index contributed by atoms with van der Waals surface area (Å²) in [6, 6.07) is 22.1. The quantitative estimate of drug-likeness (QED) is 0.0953. The SMILES string of the molecule is CC(CCCCCCCCCCCC/C=C\CCCCO)O[Si](c1ccccc1)(c1ccccc1)C(C)(C)C. The minimum Gasteiger partial charge on any atom is -0.405 e. The van der Waals surface area contributed by atoms with Crippen LogP contribution in [0.5, 0.6) is 0 Å². The molecule has 1 atom stereocenters. The van der Waals surface area contributed by atoms with Crippen molar-refractivity contribution >= 4 is 18.7 Å². The van der Waals surface area contributed by atoms with E-state index in [9.17, 15) is 0 Å².